The van der Waals surface area contributed by atoms with Crippen molar-refractivity contribution in [1.29, 1.82) is 0 Å². The molecule has 0 radical (unpaired) electrons. The summed E-state index contributed by atoms with van der Waals surface area (Å²) in [7, 11) is 1.74. The number of thiol groups is 1. The first-order valence-electron chi connectivity index (χ1n) is 10.7. The third-order valence-corrected chi connectivity index (χ3v) is 5.48. The number of pyridine rings is 1. The van der Waals surface area contributed by atoms with E-state index in [1.807, 2.05) is 18.4 Å². The van der Waals surface area contributed by atoms with E-state index >= 15 is 0 Å². The van der Waals surface area contributed by atoms with Gasteiger partial charge in [0.15, 0.2) is 11.5 Å². The topological polar surface area (TPSA) is 131 Å². The van der Waals surface area contributed by atoms with Crippen LogP contribution in [0.25, 0.3) is 22.1 Å². The molecule has 4 heterocycles. The van der Waals surface area contributed by atoms with Gasteiger partial charge in [-0.25, -0.2) is 18.7 Å². The summed E-state index contributed by atoms with van der Waals surface area (Å²) in [4.78, 5) is 13.1. The average molecular weight is 517 g/mol. The van der Waals surface area contributed by atoms with Gasteiger partial charge in [-0.3, -0.25) is 0 Å². The number of aromatic nitrogens is 8. The summed E-state index contributed by atoms with van der Waals surface area (Å²) in [5, 5.41) is 27.0. The molecule has 4 aromatic heterocycles. The van der Waals surface area contributed by atoms with Crippen LogP contribution in [0, 0.1) is 0 Å². The van der Waals surface area contributed by atoms with Crippen LogP contribution >= 0.6 is 24.2 Å². The van der Waals surface area contributed by atoms with Crippen molar-refractivity contribution in [3.63, 3.8) is 0 Å². The van der Waals surface area contributed by atoms with E-state index in [4.69, 9.17) is 21.8 Å². The molecule has 0 aromatic carbocycles. The first-order valence-corrected chi connectivity index (χ1v) is 11.6. The standard InChI is InChI=1S/C16H15ClF2N8.C2H6O2S.C2H6/c1-26-24-15(23-25-26)7-2-3-8(4-7)27-6-20-12-11-9(13(17)22-16(12)27)5-10(21-11)14(18)19;1-2(3,4)5;1-2/h5-8,14,21H,2-4H2,1H3;3-5H,1H3;1-2H3/t7-,8?;;/m1../s1. The molecule has 0 spiro atoms. The highest BCUT2D eigenvalue weighted by Crippen LogP contribution is 2.41. The molecule has 0 amide bonds. The molecule has 3 N–H and O–H groups in total. The number of aryl methyl sites for hydroxylation is 1. The second-order valence-corrected chi connectivity index (χ2v) is 9.02. The van der Waals surface area contributed by atoms with Gasteiger partial charge in [0.05, 0.1) is 24.6 Å². The fraction of sp³-hybridized carbons (Fsp3) is 0.550. The summed E-state index contributed by atoms with van der Waals surface area (Å²) in [5.41, 5.74) is 1.44. The summed E-state index contributed by atoms with van der Waals surface area (Å²) in [5.74, 6) is 0.958. The summed E-state index contributed by atoms with van der Waals surface area (Å²) >= 11 is 9.50. The van der Waals surface area contributed by atoms with Crippen LogP contribution in [0.15, 0.2) is 12.4 Å². The molecular weight excluding hydrogens is 490 g/mol. The van der Waals surface area contributed by atoms with Gasteiger partial charge in [0.1, 0.15) is 10.7 Å². The van der Waals surface area contributed by atoms with Gasteiger partial charge >= 0.3 is 0 Å². The Morgan fingerprint density at radius 1 is 1.29 bits per heavy atom. The Labute approximate surface area is 204 Å². The van der Waals surface area contributed by atoms with Crippen LogP contribution in [0.5, 0.6) is 0 Å². The molecule has 0 bridgehead atoms. The van der Waals surface area contributed by atoms with Crippen molar-refractivity contribution in [3.8, 4) is 0 Å². The lowest BCUT2D eigenvalue weighted by molar-refractivity contribution is -0.0567. The zero-order valence-corrected chi connectivity index (χ0v) is 20.8. The van der Waals surface area contributed by atoms with E-state index in [1.165, 1.54) is 10.9 Å². The molecule has 0 saturated heterocycles. The number of rotatable bonds is 3. The molecule has 14 heteroatoms. The van der Waals surface area contributed by atoms with E-state index in [0.29, 0.717) is 22.1 Å². The van der Waals surface area contributed by atoms with E-state index in [2.05, 4.69) is 43.0 Å². The third-order valence-electron chi connectivity index (χ3n) is 5.19. The Morgan fingerprint density at radius 2 is 1.97 bits per heavy atom. The quantitative estimate of drug-likeness (QED) is 0.183. The van der Waals surface area contributed by atoms with E-state index in [1.54, 1.807) is 13.4 Å². The predicted molar refractivity (Wildman–Crippen MR) is 127 cm³/mol. The van der Waals surface area contributed by atoms with Gasteiger partial charge in [0, 0.05) is 17.3 Å². The van der Waals surface area contributed by atoms with Crippen LogP contribution in [0.4, 0.5) is 8.78 Å². The second kappa shape index (κ2) is 10.5. The molecule has 5 rings (SSSR count). The van der Waals surface area contributed by atoms with Gasteiger partial charge in [-0.05, 0) is 37.5 Å². The highest BCUT2D eigenvalue weighted by Gasteiger charge is 2.31. The maximum atomic E-state index is 13.1. The lowest BCUT2D eigenvalue weighted by atomic mass is 10.1. The average Bonchev–Trinajstić information content (AvgIpc) is 3.52. The monoisotopic (exact) mass is 516 g/mol. The maximum absolute atomic E-state index is 13.1. The van der Waals surface area contributed by atoms with Crippen LogP contribution < -0.4 is 0 Å². The fourth-order valence-corrected chi connectivity index (χ4v) is 4.14. The first-order chi connectivity index (χ1) is 16.0. The number of hydrogen-bond donors (Lipinski definition) is 4. The van der Waals surface area contributed by atoms with Crippen molar-refractivity contribution in [2.75, 3.05) is 0 Å². The Balaban J connectivity index is 0.000000414. The fourth-order valence-electron chi connectivity index (χ4n) is 3.91. The number of H-pyrrole nitrogens is 1. The van der Waals surface area contributed by atoms with E-state index in [0.717, 1.165) is 32.0 Å². The van der Waals surface area contributed by atoms with Crippen molar-refractivity contribution < 1.29 is 19.0 Å². The molecule has 1 unspecified atom stereocenters. The van der Waals surface area contributed by atoms with Crippen molar-refractivity contribution in [3.05, 3.63) is 29.1 Å². The Hall–Kier alpha value is -2.35. The van der Waals surface area contributed by atoms with Gasteiger partial charge < -0.3 is 19.8 Å². The molecule has 34 heavy (non-hydrogen) atoms. The summed E-state index contributed by atoms with van der Waals surface area (Å²) in [6.45, 7) is 5.16. The SMILES string of the molecule is CC.CC(O)(O)S.Cn1nnc([C@@H]2CCC(n3cnc4c5[nH]c(C(F)F)cc5c(Cl)nc43)C2)n1. The van der Waals surface area contributed by atoms with Crippen molar-refractivity contribution >= 4 is 46.3 Å². The molecule has 1 fully saturated rings. The molecule has 0 aliphatic heterocycles. The summed E-state index contributed by atoms with van der Waals surface area (Å²) in [6.07, 6.45) is 1.78. The van der Waals surface area contributed by atoms with E-state index in [-0.39, 0.29) is 22.8 Å². The van der Waals surface area contributed by atoms with Gasteiger partial charge in [-0.1, -0.05) is 25.4 Å². The molecule has 4 aromatic rings. The predicted octanol–water partition coefficient (Wildman–Crippen LogP) is 4.14. The number of aromatic amines is 1. The smallest absolute Gasteiger partial charge is 0.278 e. The number of halogens is 3. The number of imidazole rings is 1. The number of tetrazole rings is 1. The molecule has 2 atom stereocenters. The molecule has 1 aliphatic rings. The van der Waals surface area contributed by atoms with Gasteiger partial charge in [0.2, 0.25) is 5.12 Å². The number of nitrogens with zero attached hydrogens (tertiary/aromatic N) is 7. The number of aliphatic hydroxyl groups is 2. The van der Waals surface area contributed by atoms with Gasteiger partial charge in [-0.15, -0.1) is 22.8 Å². The number of nitrogens with one attached hydrogen (secondary N) is 1. The van der Waals surface area contributed by atoms with Crippen molar-refractivity contribution in [2.45, 2.75) is 63.5 Å². The van der Waals surface area contributed by atoms with Crippen LogP contribution in [0.1, 0.15) is 69.9 Å². The zero-order valence-electron chi connectivity index (χ0n) is 19.1. The lowest BCUT2D eigenvalue weighted by Crippen LogP contribution is -2.11. The Bertz CT molecular complexity index is 1250. The molecule has 186 valence electrons. The summed E-state index contributed by atoms with van der Waals surface area (Å²) in [6, 6.07) is 1.49. The normalized spacial score (nSPS) is 18.2. The molecule has 10 nitrogen and oxygen atoms in total. The highest BCUT2D eigenvalue weighted by atomic mass is 35.5. The van der Waals surface area contributed by atoms with Gasteiger partial charge in [0.25, 0.3) is 6.43 Å². The molecule has 1 aliphatic carbocycles. The van der Waals surface area contributed by atoms with E-state index < -0.39 is 11.5 Å². The largest absolute Gasteiger partial charge is 0.358 e. The van der Waals surface area contributed by atoms with Crippen molar-refractivity contribution in [1.82, 2.24) is 39.7 Å². The first kappa shape index (κ1) is 26.3. The third kappa shape index (κ3) is 5.82. The van der Waals surface area contributed by atoms with Gasteiger partial charge in [-0.2, -0.15) is 4.80 Å². The van der Waals surface area contributed by atoms with Crippen molar-refractivity contribution in [2.24, 2.45) is 7.05 Å². The van der Waals surface area contributed by atoms with E-state index in [9.17, 15) is 8.78 Å². The second-order valence-electron chi connectivity index (χ2n) is 7.81. The minimum atomic E-state index is -2.61. The van der Waals surface area contributed by atoms with Crippen LogP contribution in [-0.4, -0.2) is 55.1 Å². The lowest BCUT2D eigenvalue weighted by Gasteiger charge is -2.12. The number of hydrogen-bond acceptors (Lipinski definition) is 8. The maximum Gasteiger partial charge on any atom is 0.278 e. The highest BCUT2D eigenvalue weighted by molar-refractivity contribution is 7.81. The number of fused-ring (bicyclic) bond motifs is 3. The Kier molecular flexibility index (Phi) is 8.11. The Morgan fingerprint density at radius 3 is 2.56 bits per heavy atom. The molecular formula is C20H27ClF2N8O2S. The molecule has 1 saturated carbocycles. The van der Waals surface area contributed by atoms with Crippen LogP contribution in [0.3, 0.4) is 0 Å². The summed E-state index contributed by atoms with van der Waals surface area (Å²) < 4.78 is 28.1. The minimum absolute atomic E-state index is 0.161. The van der Waals surface area contributed by atoms with Crippen LogP contribution in [0.2, 0.25) is 5.15 Å². The van der Waals surface area contributed by atoms with Crippen LogP contribution in [-0.2, 0) is 7.05 Å². The number of alkyl halides is 2. The minimum Gasteiger partial charge on any atom is -0.358 e. The zero-order chi connectivity index (χ0) is 25.2.